The van der Waals surface area contributed by atoms with Gasteiger partial charge in [0, 0.05) is 11.3 Å². The molecule has 0 fully saturated rings. The Hall–Kier alpha value is -1.97. The quantitative estimate of drug-likeness (QED) is 0.699. The first-order chi connectivity index (χ1) is 8.25. The van der Waals surface area contributed by atoms with Crippen LogP contribution in [0.2, 0.25) is 0 Å². The number of hydrogen-bond acceptors (Lipinski definition) is 3. The topological polar surface area (TPSA) is 61.4 Å². The summed E-state index contributed by atoms with van der Waals surface area (Å²) in [6.07, 6.45) is 6.54. The van der Waals surface area contributed by atoms with Gasteiger partial charge < -0.3 is 10.5 Å². The highest BCUT2D eigenvalue weighted by molar-refractivity contribution is 5.94. The van der Waals surface area contributed by atoms with E-state index in [4.69, 9.17) is 5.11 Å². The Morgan fingerprint density at radius 2 is 1.94 bits per heavy atom. The van der Waals surface area contributed by atoms with Gasteiger partial charge in [0.25, 0.3) is 5.91 Å². The molecule has 4 nitrogen and oxygen atoms in total. The van der Waals surface area contributed by atoms with Crippen molar-refractivity contribution in [2.24, 2.45) is 0 Å². The molecule has 0 unspecified atom stereocenters. The molecule has 0 bridgehead atoms. The average molecular weight is 232 g/mol. The van der Waals surface area contributed by atoms with Crippen LogP contribution in [-0.4, -0.2) is 11.0 Å². The third-order valence-corrected chi connectivity index (χ3v) is 2.76. The second kappa shape index (κ2) is 5.39. The minimum absolute atomic E-state index is 0.157. The molecule has 0 atom stereocenters. The van der Waals surface area contributed by atoms with Gasteiger partial charge in [0.05, 0.1) is 0 Å². The van der Waals surface area contributed by atoms with Crippen LogP contribution in [0.4, 0.5) is 0 Å². The molecule has 0 spiro atoms. The molecule has 1 aliphatic carbocycles. The number of carbonyl (C=O) groups is 1. The molecule has 1 aliphatic rings. The van der Waals surface area contributed by atoms with E-state index in [9.17, 15) is 4.79 Å². The molecule has 4 heteroatoms. The van der Waals surface area contributed by atoms with Crippen molar-refractivity contribution >= 4 is 5.91 Å². The summed E-state index contributed by atoms with van der Waals surface area (Å²) in [5.41, 5.74) is 7.18. The third-order valence-electron chi connectivity index (χ3n) is 2.76. The largest absolute Gasteiger partial charge is 0.508 e. The molecular weight excluding hydrogens is 216 g/mol. The smallest absolute Gasteiger partial charge is 0.269 e. The minimum Gasteiger partial charge on any atom is -0.508 e. The lowest BCUT2D eigenvalue weighted by Crippen LogP contribution is -2.37. The predicted molar refractivity (Wildman–Crippen MR) is 65.3 cm³/mol. The molecule has 17 heavy (non-hydrogen) atoms. The fourth-order valence-electron chi connectivity index (χ4n) is 1.77. The maximum absolute atomic E-state index is 11.7. The zero-order valence-electron chi connectivity index (χ0n) is 9.57. The van der Waals surface area contributed by atoms with Crippen molar-refractivity contribution in [1.29, 1.82) is 0 Å². The van der Waals surface area contributed by atoms with E-state index >= 15 is 0 Å². The van der Waals surface area contributed by atoms with E-state index in [1.54, 1.807) is 12.1 Å². The Balaban J connectivity index is 1.88. The summed E-state index contributed by atoms with van der Waals surface area (Å²) in [7, 11) is 0. The highest BCUT2D eigenvalue weighted by Crippen LogP contribution is 2.14. The van der Waals surface area contributed by atoms with Gasteiger partial charge in [-0.2, -0.15) is 0 Å². The number of aromatic hydroxyl groups is 1. The molecule has 3 N–H and O–H groups in total. The first-order valence-corrected chi connectivity index (χ1v) is 5.80. The number of rotatable bonds is 3. The normalized spacial score (nSPS) is 14.9. The van der Waals surface area contributed by atoms with E-state index in [1.807, 2.05) is 0 Å². The average Bonchev–Trinajstić information content (AvgIpc) is 2.38. The maximum atomic E-state index is 11.7. The van der Waals surface area contributed by atoms with Crippen LogP contribution < -0.4 is 10.9 Å². The number of amides is 1. The van der Waals surface area contributed by atoms with Gasteiger partial charge >= 0.3 is 0 Å². The molecule has 0 heterocycles. The van der Waals surface area contributed by atoms with E-state index in [1.165, 1.54) is 18.6 Å². The molecule has 90 valence electrons. The Labute approximate surface area is 100 Å². The highest BCUT2D eigenvalue weighted by Gasteiger charge is 2.07. The summed E-state index contributed by atoms with van der Waals surface area (Å²) < 4.78 is 0. The van der Waals surface area contributed by atoms with Crippen molar-refractivity contribution in [2.45, 2.75) is 25.7 Å². The van der Waals surface area contributed by atoms with Crippen molar-refractivity contribution in [3.05, 3.63) is 41.6 Å². The van der Waals surface area contributed by atoms with Gasteiger partial charge in [0.1, 0.15) is 5.75 Å². The summed E-state index contributed by atoms with van der Waals surface area (Å²) in [6, 6.07) is 6.16. The lowest BCUT2D eigenvalue weighted by atomic mass is 10.1. The van der Waals surface area contributed by atoms with Gasteiger partial charge in [-0.25, -0.2) is 0 Å². The third kappa shape index (κ3) is 3.24. The number of benzene rings is 1. The van der Waals surface area contributed by atoms with Gasteiger partial charge in [0.2, 0.25) is 0 Å². The van der Waals surface area contributed by atoms with Crippen molar-refractivity contribution in [1.82, 2.24) is 10.9 Å². The molecule has 0 saturated carbocycles. The van der Waals surface area contributed by atoms with Crippen LogP contribution in [-0.2, 0) is 0 Å². The first kappa shape index (κ1) is 11.5. The summed E-state index contributed by atoms with van der Waals surface area (Å²) in [4.78, 5) is 11.7. The van der Waals surface area contributed by atoms with Gasteiger partial charge in [-0.1, -0.05) is 6.08 Å². The van der Waals surface area contributed by atoms with Crippen LogP contribution in [0.5, 0.6) is 5.75 Å². The number of allylic oxidation sites excluding steroid dienone is 2. The molecule has 1 aromatic carbocycles. The lowest BCUT2D eigenvalue weighted by molar-refractivity contribution is 0.0938. The maximum Gasteiger partial charge on any atom is 0.269 e. The minimum atomic E-state index is -0.198. The van der Waals surface area contributed by atoms with Crippen LogP contribution in [0.15, 0.2) is 36.0 Å². The van der Waals surface area contributed by atoms with Crippen molar-refractivity contribution in [3.8, 4) is 5.75 Å². The Morgan fingerprint density at radius 3 is 2.59 bits per heavy atom. The van der Waals surface area contributed by atoms with E-state index in [2.05, 4.69) is 16.9 Å². The van der Waals surface area contributed by atoms with Crippen molar-refractivity contribution in [3.63, 3.8) is 0 Å². The molecule has 1 amide bonds. The van der Waals surface area contributed by atoms with E-state index in [0.29, 0.717) is 5.56 Å². The Kier molecular flexibility index (Phi) is 3.65. The Morgan fingerprint density at radius 1 is 1.18 bits per heavy atom. The number of phenols is 1. The van der Waals surface area contributed by atoms with Gasteiger partial charge in [-0.05, 0) is 49.9 Å². The van der Waals surface area contributed by atoms with Crippen LogP contribution in [0.3, 0.4) is 0 Å². The monoisotopic (exact) mass is 232 g/mol. The molecule has 2 rings (SSSR count). The summed E-state index contributed by atoms with van der Waals surface area (Å²) in [6.45, 7) is 0. The molecule has 0 aliphatic heterocycles. The van der Waals surface area contributed by atoms with Crippen molar-refractivity contribution < 1.29 is 9.90 Å². The number of nitrogens with one attached hydrogen (secondary N) is 2. The second-order valence-corrected chi connectivity index (χ2v) is 4.10. The summed E-state index contributed by atoms with van der Waals surface area (Å²) in [5, 5.41) is 9.12. The van der Waals surface area contributed by atoms with E-state index in [-0.39, 0.29) is 11.7 Å². The van der Waals surface area contributed by atoms with E-state index in [0.717, 1.165) is 25.0 Å². The number of hydrazine groups is 1. The fraction of sp³-hybridized carbons (Fsp3) is 0.308. The number of phenolic OH excluding ortho intramolecular Hbond substituents is 1. The van der Waals surface area contributed by atoms with Crippen LogP contribution in [0, 0.1) is 0 Å². The standard InChI is InChI=1S/C13H16N2O2/c16-12-8-6-10(7-9-12)13(17)15-14-11-4-2-1-3-5-11/h4,6-9,14,16H,1-3,5H2,(H,15,17). The first-order valence-electron chi connectivity index (χ1n) is 5.80. The van der Waals surface area contributed by atoms with E-state index < -0.39 is 0 Å². The Bertz CT molecular complexity index is 424. The van der Waals surface area contributed by atoms with Gasteiger partial charge in [-0.15, -0.1) is 0 Å². The second-order valence-electron chi connectivity index (χ2n) is 4.10. The summed E-state index contributed by atoms with van der Waals surface area (Å²) in [5.74, 6) is -0.0408. The predicted octanol–water partition coefficient (Wildman–Crippen LogP) is 2.08. The molecular formula is C13H16N2O2. The van der Waals surface area contributed by atoms with Crippen LogP contribution in [0.25, 0.3) is 0 Å². The fourth-order valence-corrected chi connectivity index (χ4v) is 1.77. The summed E-state index contributed by atoms with van der Waals surface area (Å²) >= 11 is 0. The number of hydrogen-bond donors (Lipinski definition) is 3. The number of carbonyl (C=O) groups excluding carboxylic acids is 1. The zero-order valence-corrected chi connectivity index (χ0v) is 9.57. The molecule has 1 aromatic rings. The molecule has 0 aromatic heterocycles. The van der Waals surface area contributed by atoms with Crippen LogP contribution in [0.1, 0.15) is 36.0 Å². The van der Waals surface area contributed by atoms with Crippen molar-refractivity contribution in [2.75, 3.05) is 0 Å². The van der Waals surface area contributed by atoms with Gasteiger partial charge in [-0.3, -0.25) is 10.2 Å². The molecule has 0 saturated heterocycles. The zero-order chi connectivity index (χ0) is 12.1. The van der Waals surface area contributed by atoms with Crippen LogP contribution >= 0.6 is 0 Å². The van der Waals surface area contributed by atoms with Gasteiger partial charge in [0.15, 0.2) is 0 Å². The molecule has 0 radical (unpaired) electrons. The SMILES string of the molecule is O=C(NNC1=CCCCC1)c1ccc(O)cc1. The highest BCUT2D eigenvalue weighted by atomic mass is 16.3. The lowest BCUT2D eigenvalue weighted by Gasteiger charge is -2.15.